The molecule has 0 spiro atoms. The van der Waals surface area contributed by atoms with E-state index in [1.807, 2.05) is 0 Å². The third kappa shape index (κ3) is 1.51. The Bertz CT molecular complexity index is 338. The van der Waals surface area contributed by atoms with Crippen molar-refractivity contribution in [2.45, 2.75) is 19.4 Å². The first-order valence-corrected chi connectivity index (χ1v) is 5.19. The Morgan fingerprint density at radius 2 is 2.31 bits per heavy atom. The molecule has 1 nitrogen and oxygen atoms in total. The fraction of sp³-hybridized carbons (Fsp3) is 0.400. The van der Waals surface area contributed by atoms with Crippen molar-refractivity contribution in [1.82, 2.24) is 5.32 Å². The molecular formula is C10H11BrFN. The standard InChI is InChI=1S/C10H11BrFN/c1-6-10-7(4-5-13-6)9(12)3-2-8(10)11/h2-3,6,13H,4-5H2,1H3/t6-/m1/s1. The van der Waals surface area contributed by atoms with Crippen molar-refractivity contribution in [3.63, 3.8) is 0 Å². The van der Waals surface area contributed by atoms with Crippen molar-refractivity contribution in [1.29, 1.82) is 0 Å². The average Bonchev–Trinajstić information content (AvgIpc) is 2.12. The first-order valence-electron chi connectivity index (χ1n) is 4.40. The van der Waals surface area contributed by atoms with Crippen LogP contribution in [0.4, 0.5) is 4.39 Å². The Morgan fingerprint density at radius 1 is 1.54 bits per heavy atom. The van der Waals surface area contributed by atoms with Gasteiger partial charge in [0.25, 0.3) is 0 Å². The molecule has 1 aliphatic heterocycles. The van der Waals surface area contributed by atoms with Gasteiger partial charge in [0.1, 0.15) is 5.82 Å². The second-order valence-electron chi connectivity index (χ2n) is 3.35. The van der Waals surface area contributed by atoms with Gasteiger partial charge in [-0.15, -0.1) is 0 Å². The fourth-order valence-electron chi connectivity index (χ4n) is 1.85. The van der Waals surface area contributed by atoms with Gasteiger partial charge in [-0.2, -0.15) is 0 Å². The Morgan fingerprint density at radius 3 is 3.00 bits per heavy atom. The fourth-order valence-corrected chi connectivity index (χ4v) is 2.56. The van der Waals surface area contributed by atoms with Crippen LogP contribution in [-0.4, -0.2) is 6.54 Å². The van der Waals surface area contributed by atoms with Crippen LogP contribution < -0.4 is 5.32 Å². The highest BCUT2D eigenvalue weighted by Gasteiger charge is 2.20. The molecule has 70 valence electrons. The van der Waals surface area contributed by atoms with Crippen LogP contribution in [0.25, 0.3) is 0 Å². The Balaban J connectivity index is 2.60. The molecule has 1 atom stereocenters. The van der Waals surface area contributed by atoms with E-state index in [4.69, 9.17) is 0 Å². The Hall–Kier alpha value is -0.410. The predicted molar refractivity (Wildman–Crippen MR) is 54.2 cm³/mol. The molecule has 0 saturated carbocycles. The van der Waals surface area contributed by atoms with Gasteiger partial charge in [-0.1, -0.05) is 15.9 Å². The summed E-state index contributed by atoms with van der Waals surface area (Å²) in [7, 11) is 0. The molecule has 0 amide bonds. The largest absolute Gasteiger partial charge is 0.310 e. The zero-order chi connectivity index (χ0) is 9.42. The summed E-state index contributed by atoms with van der Waals surface area (Å²) in [6.07, 6.45) is 0.783. The van der Waals surface area contributed by atoms with Gasteiger partial charge in [0.15, 0.2) is 0 Å². The van der Waals surface area contributed by atoms with Crippen molar-refractivity contribution < 1.29 is 4.39 Å². The average molecular weight is 244 g/mol. The van der Waals surface area contributed by atoms with E-state index >= 15 is 0 Å². The highest BCUT2D eigenvalue weighted by atomic mass is 79.9. The van der Waals surface area contributed by atoms with Crippen molar-refractivity contribution in [2.24, 2.45) is 0 Å². The van der Waals surface area contributed by atoms with Gasteiger partial charge >= 0.3 is 0 Å². The predicted octanol–water partition coefficient (Wildman–Crippen LogP) is 2.79. The molecule has 1 aromatic rings. The lowest BCUT2D eigenvalue weighted by Gasteiger charge is -2.25. The van der Waals surface area contributed by atoms with Gasteiger partial charge in [0.2, 0.25) is 0 Å². The normalized spacial score (nSPS) is 21.3. The van der Waals surface area contributed by atoms with E-state index in [0.29, 0.717) is 0 Å². The van der Waals surface area contributed by atoms with Crippen molar-refractivity contribution >= 4 is 15.9 Å². The molecule has 1 heterocycles. The molecular weight excluding hydrogens is 233 g/mol. The van der Waals surface area contributed by atoms with Crippen LogP contribution in [0.1, 0.15) is 24.1 Å². The van der Waals surface area contributed by atoms with Crippen LogP contribution in [0.15, 0.2) is 16.6 Å². The summed E-state index contributed by atoms with van der Waals surface area (Å²) in [4.78, 5) is 0. The maximum atomic E-state index is 13.4. The summed E-state index contributed by atoms with van der Waals surface area (Å²) in [6.45, 7) is 2.92. The zero-order valence-electron chi connectivity index (χ0n) is 7.40. The maximum Gasteiger partial charge on any atom is 0.126 e. The van der Waals surface area contributed by atoms with Crippen LogP contribution in [0.2, 0.25) is 0 Å². The van der Waals surface area contributed by atoms with Gasteiger partial charge < -0.3 is 5.32 Å². The minimum absolute atomic E-state index is 0.0773. The van der Waals surface area contributed by atoms with Crippen LogP contribution in [0, 0.1) is 5.82 Å². The van der Waals surface area contributed by atoms with E-state index in [-0.39, 0.29) is 11.9 Å². The summed E-state index contributed by atoms with van der Waals surface area (Å²) in [5, 5.41) is 3.31. The number of hydrogen-bond donors (Lipinski definition) is 1. The highest BCUT2D eigenvalue weighted by Crippen LogP contribution is 2.31. The van der Waals surface area contributed by atoms with E-state index in [0.717, 1.165) is 28.6 Å². The molecule has 3 heteroatoms. The maximum absolute atomic E-state index is 13.4. The molecule has 13 heavy (non-hydrogen) atoms. The second kappa shape index (κ2) is 3.39. The number of fused-ring (bicyclic) bond motifs is 1. The quantitative estimate of drug-likeness (QED) is 0.739. The number of rotatable bonds is 0. The first kappa shape index (κ1) is 9.16. The zero-order valence-corrected chi connectivity index (χ0v) is 8.99. The van der Waals surface area contributed by atoms with E-state index in [1.54, 1.807) is 6.07 Å². The molecule has 0 bridgehead atoms. The molecule has 0 saturated heterocycles. The van der Waals surface area contributed by atoms with Gasteiger partial charge in [0.05, 0.1) is 0 Å². The minimum Gasteiger partial charge on any atom is -0.310 e. The summed E-state index contributed by atoms with van der Waals surface area (Å²) >= 11 is 3.45. The number of benzene rings is 1. The monoisotopic (exact) mass is 243 g/mol. The van der Waals surface area contributed by atoms with Crippen LogP contribution >= 0.6 is 15.9 Å². The summed E-state index contributed by atoms with van der Waals surface area (Å²) in [5.41, 5.74) is 1.94. The van der Waals surface area contributed by atoms with E-state index in [9.17, 15) is 4.39 Å². The molecule has 1 aromatic carbocycles. The Kier molecular flexibility index (Phi) is 2.39. The van der Waals surface area contributed by atoms with Gasteiger partial charge in [-0.25, -0.2) is 4.39 Å². The van der Waals surface area contributed by atoms with Gasteiger partial charge in [0, 0.05) is 10.5 Å². The highest BCUT2D eigenvalue weighted by molar-refractivity contribution is 9.10. The topological polar surface area (TPSA) is 12.0 Å². The number of halogens is 2. The lowest BCUT2D eigenvalue weighted by atomic mass is 9.95. The van der Waals surface area contributed by atoms with E-state index < -0.39 is 0 Å². The van der Waals surface area contributed by atoms with Gasteiger partial charge in [-0.05, 0) is 43.1 Å². The molecule has 0 fully saturated rings. The number of nitrogens with one attached hydrogen (secondary N) is 1. The van der Waals surface area contributed by atoms with Crippen molar-refractivity contribution in [2.75, 3.05) is 6.54 Å². The van der Waals surface area contributed by atoms with Gasteiger partial charge in [-0.3, -0.25) is 0 Å². The van der Waals surface area contributed by atoms with Crippen LogP contribution in [-0.2, 0) is 6.42 Å². The lowest BCUT2D eigenvalue weighted by molar-refractivity contribution is 0.511. The van der Waals surface area contributed by atoms with Crippen molar-refractivity contribution in [3.05, 3.63) is 33.5 Å². The molecule has 0 aromatic heterocycles. The second-order valence-corrected chi connectivity index (χ2v) is 4.20. The lowest BCUT2D eigenvalue weighted by Crippen LogP contribution is -2.28. The summed E-state index contributed by atoms with van der Waals surface area (Å²) < 4.78 is 14.4. The van der Waals surface area contributed by atoms with E-state index in [1.165, 1.54) is 6.07 Å². The SMILES string of the molecule is C[C@H]1NCCc2c(F)ccc(Br)c21. The third-order valence-corrected chi connectivity index (χ3v) is 3.20. The molecule has 1 aliphatic rings. The van der Waals surface area contributed by atoms with Crippen LogP contribution in [0.5, 0.6) is 0 Å². The van der Waals surface area contributed by atoms with E-state index in [2.05, 4.69) is 28.2 Å². The molecule has 0 aliphatic carbocycles. The molecule has 1 N–H and O–H groups in total. The first-order chi connectivity index (χ1) is 6.20. The summed E-state index contributed by atoms with van der Waals surface area (Å²) in [6, 6.07) is 3.55. The van der Waals surface area contributed by atoms with Crippen molar-refractivity contribution in [3.8, 4) is 0 Å². The molecule has 2 rings (SSSR count). The Labute approximate surface area is 85.5 Å². The summed E-state index contributed by atoms with van der Waals surface area (Å²) in [5.74, 6) is -0.0773. The third-order valence-electron chi connectivity index (χ3n) is 2.51. The minimum atomic E-state index is -0.0773. The molecule has 0 radical (unpaired) electrons. The number of hydrogen-bond acceptors (Lipinski definition) is 1. The smallest absolute Gasteiger partial charge is 0.126 e. The van der Waals surface area contributed by atoms with Crippen LogP contribution in [0.3, 0.4) is 0 Å². The molecule has 0 unspecified atom stereocenters.